The minimum absolute atomic E-state index is 0.165. The second kappa shape index (κ2) is 6.98. The molecule has 1 aromatic carbocycles. The molecule has 0 saturated heterocycles. The molecule has 3 atom stereocenters. The number of methoxy groups -OCH3 is 1. The molecule has 2 rings (SSSR count). The molecular weight excluding hydrogens is 250 g/mol. The lowest BCUT2D eigenvalue weighted by Gasteiger charge is -2.34. The molecule has 1 aliphatic rings. The van der Waals surface area contributed by atoms with Gasteiger partial charge in [0.1, 0.15) is 11.5 Å². The summed E-state index contributed by atoms with van der Waals surface area (Å²) in [4.78, 5) is 0. The normalized spacial score (nSPS) is 24.4. The Hall–Kier alpha value is -1.22. The van der Waals surface area contributed by atoms with Crippen LogP contribution in [-0.2, 0) is 0 Å². The predicted molar refractivity (Wildman–Crippen MR) is 82.2 cm³/mol. The van der Waals surface area contributed by atoms with Crippen LogP contribution >= 0.6 is 0 Å². The van der Waals surface area contributed by atoms with Gasteiger partial charge in [-0.05, 0) is 31.7 Å². The van der Waals surface area contributed by atoms with Crippen molar-refractivity contribution in [3.63, 3.8) is 0 Å². The zero-order chi connectivity index (χ0) is 14.5. The summed E-state index contributed by atoms with van der Waals surface area (Å²) in [6.07, 6.45) is 6.49. The van der Waals surface area contributed by atoms with Crippen LogP contribution in [0.1, 0.15) is 57.6 Å². The average Bonchev–Trinajstić information content (AvgIpc) is 2.47. The van der Waals surface area contributed by atoms with Gasteiger partial charge in [0, 0.05) is 23.7 Å². The Balaban J connectivity index is 2.05. The number of ether oxygens (including phenoxy) is 1. The highest BCUT2D eigenvalue weighted by Crippen LogP contribution is 2.32. The first-order valence-corrected chi connectivity index (χ1v) is 7.78. The van der Waals surface area contributed by atoms with Crippen LogP contribution in [0.3, 0.4) is 0 Å². The maximum atomic E-state index is 10.1. The van der Waals surface area contributed by atoms with Crippen molar-refractivity contribution in [1.82, 2.24) is 5.32 Å². The fourth-order valence-electron chi connectivity index (χ4n) is 3.34. The van der Waals surface area contributed by atoms with Crippen molar-refractivity contribution in [1.29, 1.82) is 0 Å². The fraction of sp³-hybridized carbons (Fsp3) is 0.647. The van der Waals surface area contributed by atoms with E-state index < -0.39 is 0 Å². The average molecular weight is 277 g/mol. The molecule has 112 valence electrons. The standard InChI is InChI=1S/C17H27NO2/c1-4-13-7-5-6-8-16(13)18-12(2)15-10-9-14(20-3)11-17(15)19/h9-13,16,18-19H,4-8H2,1-3H3. The van der Waals surface area contributed by atoms with Crippen molar-refractivity contribution >= 4 is 0 Å². The van der Waals surface area contributed by atoms with Crippen molar-refractivity contribution in [3.8, 4) is 11.5 Å². The van der Waals surface area contributed by atoms with Gasteiger partial charge in [0.2, 0.25) is 0 Å². The Bertz CT molecular complexity index is 433. The highest BCUT2D eigenvalue weighted by atomic mass is 16.5. The first kappa shape index (κ1) is 15.2. The van der Waals surface area contributed by atoms with Crippen LogP contribution in [0.15, 0.2) is 18.2 Å². The third kappa shape index (κ3) is 3.45. The van der Waals surface area contributed by atoms with E-state index in [4.69, 9.17) is 4.74 Å². The predicted octanol–water partition coefficient (Wildman–Crippen LogP) is 4.02. The molecule has 3 nitrogen and oxygen atoms in total. The molecule has 2 N–H and O–H groups in total. The number of phenolic OH excluding ortho intramolecular Hbond substituents is 1. The van der Waals surface area contributed by atoms with Gasteiger partial charge in [-0.2, -0.15) is 0 Å². The number of rotatable bonds is 5. The smallest absolute Gasteiger partial charge is 0.124 e. The lowest BCUT2D eigenvalue weighted by Crippen LogP contribution is -2.39. The van der Waals surface area contributed by atoms with Gasteiger partial charge in [-0.3, -0.25) is 0 Å². The van der Waals surface area contributed by atoms with Crippen molar-refractivity contribution in [2.45, 2.75) is 58.0 Å². The molecular formula is C17H27NO2. The van der Waals surface area contributed by atoms with Gasteiger partial charge in [0.05, 0.1) is 7.11 Å². The Labute approximate surface area is 122 Å². The van der Waals surface area contributed by atoms with Crippen LogP contribution in [0.5, 0.6) is 11.5 Å². The highest BCUT2D eigenvalue weighted by Gasteiger charge is 2.25. The number of phenols is 1. The summed E-state index contributed by atoms with van der Waals surface area (Å²) in [5.41, 5.74) is 0.950. The van der Waals surface area contributed by atoms with Gasteiger partial charge in [-0.1, -0.05) is 32.3 Å². The van der Waals surface area contributed by atoms with E-state index in [2.05, 4.69) is 19.2 Å². The van der Waals surface area contributed by atoms with E-state index in [1.807, 2.05) is 12.1 Å². The second-order valence-corrected chi connectivity index (χ2v) is 5.87. The molecule has 20 heavy (non-hydrogen) atoms. The molecule has 1 fully saturated rings. The maximum Gasteiger partial charge on any atom is 0.124 e. The largest absolute Gasteiger partial charge is 0.507 e. The number of hydrogen-bond acceptors (Lipinski definition) is 3. The van der Waals surface area contributed by atoms with Crippen LogP contribution in [0.2, 0.25) is 0 Å². The summed E-state index contributed by atoms with van der Waals surface area (Å²) >= 11 is 0. The first-order chi connectivity index (χ1) is 9.65. The Morgan fingerprint density at radius 1 is 1.35 bits per heavy atom. The highest BCUT2D eigenvalue weighted by molar-refractivity contribution is 5.41. The van der Waals surface area contributed by atoms with Gasteiger partial charge in [0.15, 0.2) is 0 Å². The molecule has 1 aliphatic carbocycles. The van der Waals surface area contributed by atoms with Gasteiger partial charge >= 0.3 is 0 Å². The SMILES string of the molecule is CCC1CCCCC1NC(C)c1ccc(OC)cc1O. The molecule has 0 spiro atoms. The van der Waals surface area contributed by atoms with Crippen molar-refractivity contribution < 1.29 is 9.84 Å². The molecule has 0 radical (unpaired) electrons. The number of hydrogen-bond donors (Lipinski definition) is 2. The van der Waals surface area contributed by atoms with Crippen LogP contribution < -0.4 is 10.1 Å². The topological polar surface area (TPSA) is 41.5 Å². The van der Waals surface area contributed by atoms with Gasteiger partial charge in [-0.15, -0.1) is 0 Å². The van der Waals surface area contributed by atoms with E-state index in [0.717, 1.165) is 11.5 Å². The maximum absolute atomic E-state index is 10.1. The summed E-state index contributed by atoms with van der Waals surface area (Å²) in [6.45, 7) is 4.41. The summed E-state index contributed by atoms with van der Waals surface area (Å²) in [5, 5.41) is 13.8. The van der Waals surface area contributed by atoms with Gasteiger partial charge in [-0.25, -0.2) is 0 Å². The molecule has 0 amide bonds. The number of aromatic hydroxyl groups is 1. The van der Waals surface area contributed by atoms with E-state index in [1.165, 1.54) is 32.1 Å². The molecule has 0 aromatic heterocycles. The molecule has 0 bridgehead atoms. The third-order valence-electron chi connectivity index (χ3n) is 4.60. The van der Waals surface area contributed by atoms with Crippen LogP contribution in [0.4, 0.5) is 0 Å². The minimum atomic E-state index is 0.165. The zero-order valence-electron chi connectivity index (χ0n) is 12.9. The summed E-state index contributed by atoms with van der Waals surface area (Å²) in [5.74, 6) is 1.78. The molecule has 3 heteroatoms. The number of benzene rings is 1. The quantitative estimate of drug-likeness (QED) is 0.854. The summed E-state index contributed by atoms with van der Waals surface area (Å²) < 4.78 is 5.13. The van der Waals surface area contributed by atoms with Gasteiger partial charge in [0.25, 0.3) is 0 Å². The first-order valence-electron chi connectivity index (χ1n) is 7.78. The van der Waals surface area contributed by atoms with Crippen molar-refractivity contribution in [2.75, 3.05) is 7.11 Å². The van der Waals surface area contributed by atoms with Crippen LogP contribution in [-0.4, -0.2) is 18.3 Å². The summed E-state index contributed by atoms with van der Waals surface area (Å²) in [7, 11) is 1.62. The molecule has 0 heterocycles. The van der Waals surface area contributed by atoms with Crippen molar-refractivity contribution in [3.05, 3.63) is 23.8 Å². The van der Waals surface area contributed by atoms with Gasteiger partial charge < -0.3 is 15.2 Å². The monoisotopic (exact) mass is 277 g/mol. The minimum Gasteiger partial charge on any atom is -0.507 e. The lowest BCUT2D eigenvalue weighted by atomic mass is 9.82. The Morgan fingerprint density at radius 2 is 2.10 bits per heavy atom. The Morgan fingerprint density at radius 3 is 2.75 bits per heavy atom. The molecule has 0 aliphatic heterocycles. The van der Waals surface area contributed by atoms with Crippen LogP contribution in [0.25, 0.3) is 0 Å². The summed E-state index contributed by atoms with van der Waals surface area (Å²) in [6, 6.07) is 6.29. The third-order valence-corrected chi connectivity index (χ3v) is 4.60. The number of nitrogens with one attached hydrogen (secondary N) is 1. The lowest BCUT2D eigenvalue weighted by molar-refractivity contribution is 0.239. The van der Waals surface area contributed by atoms with E-state index in [9.17, 15) is 5.11 Å². The second-order valence-electron chi connectivity index (χ2n) is 5.87. The van der Waals surface area contributed by atoms with E-state index in [1.54, 1.807) is 13.2 Å². The zero-order valence-corrected chi connectivity index (χ0v) is 12.9. The molecule has 1 aromatic rings. The van der Waals surface area contributed by atoms with Crippen LogP contribution in [0, 0.1) is 5.92 Å². The van der Waals surface area contributed by atoms with E-state index >= 15 is 0 Å². The Kier molecular flexibility index (Phi) is 5.30. The van der Waals surface area contributed by atoms with E-state index in [-0.39, 0.29) is 6.04 Å². The fourth-order valence-corrected chi connectivity index (χ4v) is 3.34. The van der Waals surface area contributed by atoms with Crippen molar-refractivity contribution in [2.24, 2.45) is 5.92 Å². The van der Waals surface area contributed by atoms with E-state index in [0.29, 0.717) is 17.5 Å². The molecule has 3 unspecified atom stereocenters. The molecule has 1 saturated carbocycles.